The first-order valence-electron chi connectivity index (χ1n) is 6.04. The van der Waals surface area contributed by atoms with Crippen molar-refractivity contribution in [2.75, 3.05) is 0 Å². The Hall–Kier alpha value is -1.02. The molecular formula is C14H23NO. The SMILES string of the molecule is CC(C)CC(C)NC(C)c1ccccc1O. The van der Waals surface area contributed by atoms with Crippen LogP contribution in [0.15, 0.2) is 24.3 Å². The monoisotopic (exact) mass is 221 g/mol. The van der Waals surface area contributed by atoms with E-state index in [0.29, 0.717) is 17.7 Å². The third-order valence-electron chi connectivity index (χ3n) is 2.76. The van der Waals surface area contributed by atoms with E-state index in [4.69, 9.17) is 0 Å². The van der Waals surface area contributed by atoms with Crippen LogP contribution in [0, 0.1) is 5.92 Å². The standard InChI is InChI=1S/C14H23NO/c1-10(2)9-11(3)15-12(4)13-7-5-6-8-14(13)16/h5-8,10-12,15-16H,9H2,1-4H3. The number of aromatic hydroxyl groups is 1. The maximum atomic E-state index is 9.74. The van der Waals surface area contributed by atoms with Crippen molar-refractivity contribution in [3.8, 4) is 5.75 Å². The highest BCUT2D eigenvalue weighted by Crippen LogP contribution is 2.23. The molecule has 2 N–H and O–H groups in total. The van der Waals surface area contributed by atoms with Crippen LogP contribution < -0.4 is 5.32 Å². The molecule has 2 atom stereocenters. The van der Waals surface area contributed by atoms with Crippen molar-refractivity contribution in [1.82, 2.24) is 5.32 Å². The zero-order valence-electron chi connectivity index (χ0n) is 10.7. The third-order valence-corrected chi connectivity index (χ3v) is 2.76. The number of phenolic OH excluding ortho intramolecular Hbond substituents is 1. The number of para-hydroxylation sites is 1. The molecule has 2 nitrogen and oxygen atoms in total. The summed E-state index contributed by atoms with van der Waals surface area (Å²) >= 11 is 0. The third kappa shape index (κ3) is 3.86. The normalized spacial score (nSPS) is 15.1. The lowest BCUT2D eigenvalue weighted by Gasteiger charge is -2.22. The topological polar surface area (TPSA) is 32.3 Å². The maximum Gasteiger partial charge on any atom is 0.120 e. The Morgan fingerprint density at radius 2 is 1.75 bits per heavy atom. The summed E-state index contributed by atoms with van der Waals surface area (Å²) in [5.74, 6) is 1.07. The molecule has 1 aromatic carbocycles. The van der Waals surface area contributed by atoms with E-state index in [1.807, 2.05) is 18.2 Å². The summed E-state index contributed by atoms with van der Waals surface area (Å²) in [5, 5.41) is 13.2. The first kappa shape index (κ1) is 13.0. The van der Waals surface area contributed by atoms with E-state index in [9.17, 15) is 5.11 Å². The minimum absolute atomic E-state index is 0.190. The van der Waals surface area contributed by atoms with Crippen molar-refractivity contribution < 1.29 is 5.11 Å². The van der Waals surface area contributed by atoms with Gasteiger partial charge in [0.05, 0.1) is 0 Å². The molecule has 0 amide bonds. The van der Waals surface area contributed by atoms with E-state index in [1.165, 1.54) is 0 Å². The van der Waals surface area contributed by atoms with Gasteiger partial charge in [0.15, 0.2) is 0 Å². The average Bonchev–Trinajstić information content (AvgIpc) is 2.16. The number of benzene rings is 1. The van der Waals surface area contributed by atoms with Crippen LogP contribution in [0.25, 0.3) is 0 Å². The molecule has 16 heavy (non-hydrogen) atoms. The molecular weight excluding hydrogens is 198 g/mol. The van der Waals surface area contributed by atoms with E-state index < -0.39 is 0 Å². The van der Waals surface area contributed by atoms with Gasteiger partial charge in [0.1, 0.15) is 5.75 Å². The Bertz CT molecular complexity index is 322. The molecule has 0 aliphatic heterocycles. The zero-order valence-corrected chi connectivity index (χ0v) is 10.7. The van der Waals surface area contributed by atoms with Crippen LogP contribution >= 0.6 is 0 Å². The van der Waals surface area contributed by atoms with Gasteiger partial charge in [-0.2, -0.15) is 0 Å². The predicted molar refractivity (Wildman–Crippen MR) is 68.6 cm³/mol. The summed E-state index contributed by atoms with van der Waals surface area (Å²) < 4.78 is 0. The second-order valence-electron chi connectivity index (χ2n) is 4.98. The molecule has 0 aromatic heterocycles. The summed E-state index contributed by atoms with van der Waals surface area (Å²) in [4.78, 5) is 0. The van der Waals surface area contributed by atoms with Crippen LogP contribution in [-0.2, 0) is 0 Å². The molecule has 0 aliphatic carbocycles. The Morgan fingerprint density at radius 1 is 1.12 bits per heavy atom. The van der Waals surface area contributed by atoms with Crippen molar-refractivity contribution in [3.05, 3.63) is 29.8 Å². The summed E-state index contributed by atoms with van der Waals surface area (Å²) in [6, 6.07) is 8.17. The molecule has 0 fully saturated rings. The zero-order chi connectivity index (χ0) is 12.1. The molecule has 0 bridgehead atoms. The summed E-state index contributed by atoms with van der Waals surface area (Å²) in [6.07, 6.45) is 1.15. The smallest absolute Gasteiger partial charge is 0.120 e. The first-order chi connectivity index (χ1) is 7.50. The van der Waals surface area contributed by atoms with Gasteiger partial charge in [0.25, 0.3) is 0 Å². The molecule has 1 rings (SSSR count). The fraction of sp³-hybridized carbons (Fsp3) is 0.571. The molecule has 2 unspecified atom stereocenters. The number of hydrogen-bond donors (Lipinski definition) is 2. The van der Waals surface area contributed by atoms with Crippen LogP contribution in [0.4, 0.5) is 0 Å². The largest absolute Gasteiger partial charge is 0.508 e. The highest BCUT2D eigenvalue weighted by molar-refractivity contribution is 5.34. The van der Waals surface area contributed by atoms with Crippen molar-refractivity contribution in [2.24, 2.45) is 5.92 Å². The van der Waals surface area contributed by atoms with E-state index in [1.54, 1.807) is 6.07 Å². The van der Waals surface area contributed by atoms with Crippen molar-refractivity contribution >= 4 is 0 Å². The lowest BCUT2D eigenvalue weighted by atomic mass is 10.0. The Morgan fingerprint density at radius 3 is 2.31 bits per heavy atom. The number of hydrogen-bond acceptors (Lipinski definition) is 2. The van der Waals surface area contributed by atoms with Crippen LogP contribution in [0.1, 0.15) is 45.7 Å². The summed E-state index contributed by atoms with van der Waals surface area (Å²) in [7, 11) is 0. The van der Waals surface area contributed by atoms with Crippen LogP contribution in [0.5, 0.6) is 5.75 Å². The van der Waals surface area contributed by atoms with E-state index in [-0.39, 0.29) is 6.04 Å². The van der Waals surface area contributed by atoms with Gasteiger partial charge in [-0.15, -0.1) is 0 Å². The van der Waals surface area contributed by atoms with E-state index in [0.717, 1.165) is 12.0 Å². The minimum Gasteiger partial charge on any atom is -0.508 e. The van der Waals surface area contributed by atoms with Gasteiger partial charge in [-0.25, -0.2) is 0 Å². The highest BCUT2D eigenvalue weighted by atomic mass is 16.3. The fourth-order valence-corrected chi connectivity index (χ4v) is 2.15. The summed E-state index contributed by atoms with van der Waals surface area (Å²) in [5.41, 5.74) is 0.970. The predicted octanol–water partition coefficient (Wildman–Crippen LogP) is 3.48. The lowest BCUT2D eigenvalue weighted by molar-refractivity contribution is 0.395. The quantitative estimate of drug-likeness (QED) is 0.798. The number of rotatable bonds is 5. The van der Waals surface area contributed by atoms with Gasteiger partial charge in [0.2, 0.25) is 0 Å². The number of nitrogens with one attached hydrogen (secondary N) is 1. The van der Waals surface area contributed by atoms with Gasteiger partial charge in [-0.3, -0.25) is 0 Å². The number of phenols is 1. The first-order valence-corrected chi connectivity index (χ1v) is 6.04. The highest BCUT2D eigenvalue weighted by Gasteiger charge is 2.13. The average molecular weight is 221 g/mol. The molecule has 90 valence electrons. The second-order valence-corrected chi connectivity index (χ2v) is 4.98. The van der Waals surface area contributed by atoms with Crippen LogP contribution in [0.2, 0.25) is 0 Å². The molecule has 0 radical (unpaired) electrons. The van der Waals surface area contributed by atoms with Crippen molar-refractivity contribution in [1.29, 1.82) is 0 Å². The Labute approximate surface area is 98.7 Å². The van der Waals surface area contributed by atoms with Gasteiger partial charge < -0.3 is 10.4 Å². The van der Waals surface area contributed by atoms with Gasteiger partial charge in [-0.05, 0) is 32.3 Å². The molecule has 0 spiro atoms. The van der Waals surface area contributed by atoms with Crippen LogP contribution in [-0.4, -0.2) is 11.1 Å². The molecule has 0 saturated carbocycles. The van der Waals surface area contributed by atoms with E-state index >= 15 is 0 Å². The summed E-state index contributed by atoms with van der Waals surface area (Å²) in [6.45, 7) is 8.73. The van der Waals surface area contributed by atoms with Gasteiger partial charge in [-0.1, -0.05) is 32.0 Å². The second kappa shape index (κ2) is 5.90. The van der Waals surface area contributed by atoms with Crippen molar-refractivity contribution in [2.45, 2.75) is 46.2 Å². The minimum atomic E-state index is 0.190. The molecule has 0 heterocycles. The lowest BCUT2D eigenvalue weighted by Crippen LogP contribution is -2.30. The van der Waals surface area contributed by atoms with Crippen molar-refractivity contribution in [3.63, 3.8) is 0 Å². The molecule has 0 saturated heterocycles. The Kier molecular flexibility index (Phi) is 4.81. The Balaban J connectivity index is 2.58. The van der Waals surface area contributed by atoms with Crippen LogP contribution in [0.3, 0.4) is 0 Å². The maximum absolute atomic E-state index is 9.74. The van der Waals surface area contributed by atoms with Gasteiger partial charge >= 0.3 is 0 Å². The molecule has 0 aliphatic rings. The molecule has 2 heteroatoms. The van der Waals surface area contributed by atoms with Gasteiger partial charge in [0, 0.05) is 17.6 Å². The fourth-order valence-electron chi connectivity index (χ4n) is 2.15. The molecule has 1 aromatic rings. The van der Waals surface area contributed by atoms with E-state index in [2.05, 4.69) is 33.0 Å².